The van der Waals surface area contributed by atoms with E-state index in [9.17, 15) is 5.11 Å². The third-order valence-corrected chi connectivity index (χ3v) is 2.56. The monoisotopic (exact) mass is 173 g/mol. The predicted octanol–water partition coefficient (Wildman–Crippen LogP) is -1.19. The van der Waals surface area contributed by atoms with Crippen LogP contribution in [0.1, 0.15) is 6.42 Å². The first-order valence-corrected chi connectivity index (χ1v) is 4.44. The van der Waals surface area contributed by atoms with Gasteiger partial charge in [-0.15, -0.1) is 0 Å². The van der Waals surface area contributed by atoms with Gasteiger partial charge in [0.1, 0.15) is 0 Å². The topological polar surface area (TPSA) is 56.2 Å². The first kappa shape index (κ1) is 8.44. The fourth-order valence-electron chi connectivity index (χ4n) is 1.81. The summed E-state index contributed by atoms with van der Waals surface area (Å²) in [7, 11) is 0. The Hall–Kier alpha value is -0.160. The zero-order valence-corrected chi connectivity index (χ0v) is 7.02. The number of nitrogens with zero attached hydrogens (tertiary/aromatic N) is 1. The molecule has 2 saturated heterocycles. The van der Waals surface area contributed by atoms with E-state index in [1.54, 1.807) is 0 Å². The molecule has 2 aliphatic rings. The number of β-amino-alcohol motifs (C(OH)–C–C–N with tert-alkyl or cyclic N) is 1. The smallest absolute Gasteiger partial charge is 0.0936 e. The minimum Gasteiger partial charge on any atom is -0.395 e. The Labute approximate surface area is 71.7 Å². The normalized spacial score (nSPS) is 42.0. The van der Waals surface area contributed by atoms with Gasteiger partial charge >= 0.3 is 0 Å². The van der Waals surface area contributed by atoms with Gasteiger partial charge in [0.15, 0.2) is 0 Å². The molecular weight excluding hydrogens is 158 g/mol. The number of aliphatic hydroxyl groups excluding tert-OH is 2. The molecule has 0 saturated carbocycles. The van der Waals surface area contributed by atoms with E-state index in [0.717, 1.165) is 13.2 Å². The third-order valence-electron chi connectivity index (χ3n) is 2.56. The lowest BCUT2D eigenvalue weighted by Crippen LogP contribution is -2.35. The highest BCUT2D eigenvalue weighted by Gasteiger charge is 2.35. The van der Waals surface area contributed by atoms with Crippen LogP contribution < -0.4 is 0 Å². The number of aliphatic hydroxyl groups is 2. The lowest BCUT2D eigenvalue weighted by molar-refractivity contribution is 0.146. The fraction of sp³-hybridized carbons (Fsp3) is 1.00. The molecule has 0 amide bonds. The SMILES string of the molecule is OCC1CC(O)CN1CC1CO1. The van der Waals surface area contributed by atoms with Crippen molar-refractivity contribution in [3.63, 3.8) is 0 Å². The minimum absolute atomic E-state index is 0.143. The maximum absolute atomic E-state index is 9.34. The van der Waals surface area contributed by atoms with Gasteiger partial charge in [0.2, 0.25) is 0 Å². The average molecular weight is 173 g/mol. The van der Waals surface area contributed by atoms with Crippen molar-refractivity contribution in [1.82, 2.24) is 4.90 Å². The van der Waals surface area contributed by atoms with Gasteiger partial charge in [-0.3, -0.25) is 4.90 Å². The second-order valence-corrected chi connectivity index (χ2v) is 3.64. The van der Waals surface area contributed by atoms with E-state index in [4.69, 9.17) is 9.84 Å². The minimum atomic E-state index is -0.263. The van der Waals surface area contributed by atoms with Crippen molar-refractivity contribution in [1.29, 1.82) is 0 Å². The first-order valence-electron chi connectivity index (χ1n) is 4.44. The van der Waals surface area contributed by atoms with E-state index in [1.807, 2.05) is 0 Å². The second-order valence-electron chi connectivity index (χ2n) is 3.64. The van der Waals surface area contributed by atoms with Gasteiger partial charge in [-0.25, -0.2) is 0 Å². The maximum atomic E-state index is 9.34. The van der Waals surface area contributed by atoms with Crippen molar-refractivity contribution < 1.29 is 14.9 Å². The number of likely N-dealkylation sites (tertiary alicyclic amines) is 1. The van der Waals surface area contributed by atoms with E-state index in [2.05, 4.69) is 4.90 Å². The Bertz CT molecular complexity index is 160. The number of epoxide rings is 1. The van der Waals surface area contributed by atoms with Gasteiger partial charge in [0.25, 0.3) is 0 Å². The molecule has 0 aromatic rings. The molecule has 12 heavy (non-hydrogen) atoms. The molecule has 4 heteroatoms. The van der Waals surface area contributed by atoms with Gasteiger partial charge < -0.3 is 14.9 Å². The van der Waals surface area contributed by atoms with Crippen LogP contribution in [0.25, 0.3) is 0 Å². The molecule has 4 nitrogen and oxygen atoms in total. The number of hydrogen-bond acceptors (Lipinski definition) is 4. The highest BCUT2D eigenvalue weighted by Crippen LogP contribution is 2.21. The summed E-state index contributed by atoms with van der Waals surface area (Å²) in [5.41, 5.74) is 0. The van der Waals surface area contributed by atoms with E-state index in [-0.39, 0.29) is 18.8 Å². The summed E-state index contributed by atoms with van der Waals surface area (Å²) in [5, 5.41) is 18.3. The Morgan fingerprint density at radius 3 is 2.83 bits per heavy atom. The zero-order valence-electron chi connectivity index (χ0n) is 7.02. The van der Waals surface area contributed by atoms with Gasteiger partial charge in [0.05, 0.1) is 25.4 Å². The Balaban J connectivity index is 1.84. The highest BCUT2D eigenvalue weighted by molar-refractivity contribution is 4.88. The van der Waals surface area contributed by atoms with E-state index in [0.29, 0.717) is 19.1 Å². The van der Waals surface area contributed by atoms with Crippen LogP contribution in [-0.4, -0.2) is 59.7 Å². The molecule has 0 aromatic heterocycles. The van der Waals surface area contributed by atoms with Gasteiger partial charge in [-0.1, -0.05) is 0 Å². The van der Waals surface area contributed by atoms with Crippen LogP contribution in [0.3, 0.4) is 0 Å². The quantitative estimate of drug-likeness (QED) is 0.527. The first-order chi connectivity index (χ1) is 5.79. The molecule has 0 spiro atoms. The van der Waals surface area contributed by atoms with Gasteiger partial charge in [-0.05, 0) is 6.42 Å². The molecule has 2 rings (SSSR count). The van der Waals surface area contributed by atoms with Crippen LogP contribution in [-0.2, 0) is 4.74 Å². The molecular formula is C8H15NO3. The summed E-state index contributed by atoms with van der Waals surface area (Å²) < 4.78 is 5.09. The Morgan fingerprint density at radius 1 is 1.50 bits per heavy atom. The van der Waals surface area contributed by atoms with Crippen molar-refractivity contribution in [2.24, 2.45) is 0 Å². The third kappa shape index (κ3) is 1.77. The molecule has 2 aliphatic heterocycles. The molecule has 0 aromatic carbocycles. The highest BCUT2D eigenvalue weighted by atomic mass is 16.6. The summed E-state index contributed by atoms with van der Waals surface area (Å²) in [6.45, 7) is 2.53. The predicted molar refractivity (Wildman–Crippen MR) is 42.8 cm³/mol. The molecule has 0 radical (unpaired) electrons. The summed E-state index contributed by atoms with van der Waals surface area (Å²) in [6.07, 6.45) is 0.786. The molecule has 2 heterocycles. The van der Waals surface area contributed by atoms with Crippen LogP contribution in [0.5, 0.6) is 0 Å². The lowest BCUT2D eigenvalue weighted by atomic mass is 10.2. The molecule has 2 N–H and O–H groups in total. The fourth-order valence-corrected chi connectivity index (χ4v) is 1.81. The summed E-state index contributed by atoms with van der Waals surface area (Å²) >= 11 is 0. The number of hydrogen-bond donors (Lipinski definition) is 2. The summed E-state index contributed by atoms with van der Waals surface area (Å²) in [4.78, 5) is 2.11. The van der Waals surface area contributed by atoms with Crippen LogP contribution in [0.4, 0.5) is 0 Å². The average Bonchev–Trinajstić information content (AvgIpc) is 2.76. The maximum Gasteiger partial charge on any atom is 0.0936 e. The molecule has 0 aliphatic carbocycles. The Morgan fingerprint density at radius 2 is 2.25 bits per heavy atom. The second kappa shape index (κ2) is 3.30. The summed E-state index contributed by atoms with van der Waals surface area (Å²) in [5.74, 6) is 0. The standard InChI is InChI=1S/C8H15NO3/c10-4-6-1-7(11)2-9(6)3-8-5-12-8/h6-8,10-11H,1-5H2. The van der Waals surface area contributed by atoms with E-state index < -0.39 is 0 Å². The van der Waals surface area contributed by atoms with Crippen LogP contribution >= 0.6 is 0 Å². The van der Waals surface area contributed by atoms with Crippen LogP contribution in [0.15, 0.2) is 0 Å². The Kier molecular flexibility index (Phi) is 2.32. The molecule has 3 atom stereocenters. The molecule has 2 fully saturated rings. The van der Waals surface area contributed by atoms with Gasteiger partial charge in [-0.2, -0.15) is 0 Å². The van der Waals surface area contributed by atoms with Crippen molar-refractivity contribution in [2.45, 2.75) is 24.7 Å². The van der Waals surface area contributed by atoms with Crippen LogP contribution in [0.2, 0.25) is 0 Å². The van der Waals surface area contributed by atoms with Crippen LogP contribution in [0, 0.1) is 0 Å². The molecule has 70 valence electrons. The zero-order chi connectivity index (χ0) is 8.55. The largest absolute Gasteiger partial charge is 0.395 e. The molecule has 3 unspecified atom stereocenters. The van der Waals surface area contributed by atoms with E-state index >= 15 is 0 Å². The number of ether oxygens (including phenoxy) is 1. The summed E-state index contributed by atoms with van der Waals surface area (Å²) in [6, 6.07) is 0.143. The van der Waals surface area contributed by atoms with Crippen molar-refractivity contribution in [3.8, 4) is 0 Å². The molecule has 0 bridgehead atoms. The van der Waals surface area contributed by atoms with Gasteiger partial charge in [0, 0.05) is 19.1 Å². The van der Waals surface area contributed by atoms with Crippen molar-refractivity contribution >= 4 is 0 Å². The van der Waals surface area contributed by atoms with Crippen molar-refractivity contribution in [3.05, 3.63) is 0 Å². The van der Waals surface area contributed by atoms with E-state index in [1.165, 1.54) is 0 Å². The number of rotatable bonds is 3. The van der Waals surface area contributed by atoms with Crippen molar-refractivity contribution in [2.75, 3.05) is 26.3 Å². The lowest BCUT2D eigenvalue weighted by Gasteiger charge is -2.20.